The standard InChI is InChI=1S/C16H29O4P/c1-13(2)7-5-8-14(3)9-6-10-15(4)11-12-16(17)21(18,19)20/h7,9,11,16-17H,5-6,8,10,12H2,1-4H3,(H2,18,19,20)/b14-9+,15-11+. The van der Waals surface area contributed by atoms with Crippen LogP contribution in [0.2, 0.25) is 0 Å². The number of aliphatic hydroxyl groups is 1. The summed E-state index contributed by atoms with van der Waals surface area (Å²) in [7, 11) is -4.38. The van der Waals surface area contributed by atoms with Gasteiger partial charge in [0.05, 0.1) is 0 Å². The molecule has 21 heavy (non-hydrogen) atoms. The van der Waals surface area contributed by atoms with E-state index in [0.717, 1.165) is 31.3 Å². The first-order valence-corrected chi connectivity index (χ1v) is 8.99. The van der Waals surface area contributed by atoms with Gasteiger partial charge in [-0.25, -0.2) is 0 Å². The number of rotatable bonds is 9. The second kappa shape index (κ2) is 10.1. The van der Waals surface area contributed by atoms with E-state index in [0.29, 0.717) is 0 Å². The van der Waals surface area contributed by atoms with Gasteiger partial charge in [0.15, 0.2) is 5.85 Å². The summed E-state index contributed by atoms with van der Waals surface area (Å²) in [6.45, 7) is 8.23. The molecule has 0 aliphatic carbocycles. The Morgan fingerprint density at radius 1 is 0.952 bits per heavy atom. The molecule has 4 nitrogen and oxygen atoms in total. The molecule has 3 N–H and O–H groups in total. The van der Waals surface area contributed by atoms with E-state index in [4.69, 9.17) is 9.79 Å². The lowest BCUT2D eigenvalue weighted by Crippen LogP contribution is -2.05. The zero-order valence-corrected chi connectivity index (χ0v) is 14.4. The molecule has 0 aliphatic heterocycles. The Morgan fingerprint density at radius 2 is 1.43 bits per heavy atom. The van der Waals surface area contributed by atoms with Crippen molar-refractivity contribution in [1.29, 1.82) is 0 Å². The van der Waals surface area contributed by atoms with Crippen molar-refractivity contribution in [2.75, 3.05) is 0 Å². The van der Waals surface area contributed by atoms with Gasteiger partial charge in [-0.3, -0.25) is 4.57 Å². The Balaban J connectivity index is 4.10. The average molecular weight is 316 g/mol. The maximum absolute atomic E-state index is 10.8. The Kier molecular flexibility index (Phi) is 9.80. The molecule has 0 aromatic rings. The molecule has 0 radical (unpaired) electrons. The van der Waals surface area contributed by atoms with Crippen molar-refractivity contribution in [3.63, 3.8) is 0 Å². The molecular weight excluding hydrogens is 287 g/mol. The maximum atomic E-state index is 10.8. The number of hydrogen-bond acceptors (Lipinski definition) is 2. The number of hydrogen-bond donors (Lipinski definition) is 3. The van der Waals surface area contributed by atoms with Gasteiger partial charge in [-0.1, -0.05) is 34.9 Å². The summed E-state index contributed by atoms with van der Waals surface area (Å²) >= 11 is 0. The van der Waals surface area contributed by atoms with Crippen LogP contribution in [0.1, 0.15) is 59.8 Å². The van der Waals surface area contributed by atoms with Crippen LogP contribution in [0.4, 0.5) is 0 Å². The molecule has 0 saturated carbocycles. The fourth-order valence-electron chi connectivity index (χ4n) is 1.78. The molecule has 0 spiro atoms. The van der Waals surface area contributed by atoms with Gasteiger partial charge in [0, 0.05) is 6.42 Å². The highest BCUT2D eigenvalue weighted by Gasteiger charge is 2.24. The zero-order valence-electron chi connectivity index (χ0n) is 13.5. The summed E-state index contributed by atoms with van der Waals surface area (Å²) < 4.78 is 10.8. The van der Waals surface area contributed by atoms with E-state index in [9.17, 15) is 9.67 Å². The topological polar surface area (TPSA) is 77.8 Å². The van der Waals surface area contributed by atoms with E-state index in [-0.39, 0.29) is 6.42 Å². The van der Waals surface area contributed by atoms with Crippen LogP contribution in [-0.2, 0) is 4.57 Å². The quantitative estimate of drug-likeness (QED) is 0.438. The lowest BCUT2D eigenvalue weighted by molar-refractivity contribution is 0.204. The smallest absolute Gasteiger partial charge is 0.354 e. The summed E-state index contributed by atoms with van der Waals surface area (Å²) in [5.41, 5.74) is 3.73. The minimum Gasteiger partial charge on any atom is -0.380 e. The van der Waals surface area contributed by atoms with E-state index in [1.165, 1.54) is 11.1 Å². The lowest BCUT2D eigenvalue weighted by atomic mass is 10.1. The number of allylic oxidation sites excluding steroid dienone is 5. The zero-order chi connectivity index (χ0) is 16.5. The molecule has 0 aliphatic rings. The van der Waals surface area contributed by atoms with Crippen LogP contribution in [0.25, 0.3) is 0 Å². The second-order valence-corrected chi connectivity index (χ2v) is 7.54. The molecule has 0 rings (SSSR count). The van der Waals surface area contributed by atoms with Crippen molar-refractivity contribution in [3.05, 3.63) is 34.9 Å². The third-order valence-electron chi connectivity index (χ3n) is 3.19. The van der Waals surface area contributed by atoms with Gasteiger partial charge < -0.3 is 14.9 Å². The van der Waals surface area contributed by atoms with Crippen molar-refractivity contribution < 1.29 is 19.5 Å². The molecule has 1 atom stereocenters. The predicted octanol–water partition coefficient (Wildman–Crippen LogP) is 4.29. The Bertz CT molecular complexity index is 439. The highest BCUT2D eigenvalue weighted by molar-refractivity contribution is 7.52. The van der Waals surface area contributed by atoms with Gasteiger partial charge >= 0.3 is 7.60 Å². The van der Waals surface area contributed by atoms with Crippen LogP contribution in [0.5, 0.6) is 0 Å². The Hall–Kier alpha value is -0.670. The Labute approximate surface area is 128 Å². The molecule has 0 heterocycles. The first-order chi connectivity index (χ1) is 9.62. The largest absolute Gasteiger partial charge is 0.380 e. The van der Waals surface area contributed by atoms with E-state index in [1.807, 2.05) is 6.92 Å². The van der Waals surface area contributed by atoms with Crippen LogP contribution in [0.3, 0.4) is 0 Å². The summed E-state index contributed by atoms with van der Waals surface area (Å²) in [6.07, 6.45) is 10.0. The average Bonchev–Trinajstić information content (AvgIpc) is 2.34. The first kappa shape index (κ1) is 20.3. The third kappa shape index (κ3) is 11.6. The van der Waals surface area contributed by atoms with E-state index < -0.39 is 13.4 Å². The predicted molar refractivity (Wildman–Crippen MR) is 88.1 cm³/mol. The van der Waals surface area contributed by atoms with Crippen molar-refractivity contribution >= 4 is 7.60 Å². The fourth-order valence-corrected chi connectivity index (χ4v) is 2.16. The minimum absolute atomic E-state index is 0.000616. The molecule has 122 valence electrons. The van der Waals surface area contributed by atoms with Crippen molar-refractivity contribution in [1.82, 2.24) is 0 Å². The molecule has 5 heteroatoms. The van der Waals surface area contributed by atoms with E-state index >= 15 is 0 Å². The molecule has 0 saturated heterocycles. The van der Waals surface area contributed by atoms with Crippen LogP contribution in [0.15, 0.2) is 34.9 Å². The van der Waals surface area contributed by atoms with E-state index in [1.54, 1.807) is 6.08 Å². The minimum atomic E-state index is -4.38. The van der Waals surface area contributed by atoms with Crippen LogP contribution < -0.4 is 0 Å². The maximum Gasteiger partial charge on any atom is 0.354 e. The molecule has 0 bridgehead atoms. The van der Waals surface area contributed by atoms with Crippen molar-refractivity contribution in [3.8, 4) is 0 Å². The van der Waals surface area contributed by atoms with Gasteiger partial charge in [-0.05, 0) is 53.4 Å². The molecule has 0 fully saturated rings. The van der Waals surface area contributed by atoms with Gasteiger partial charge in [0.2, 0.25) is 0 Å². The summed E-state index contributed by atoms with van der Waals surface area (Å²) in [5.74, 6) is -1.59. The lowest BCUT2D eigenvalue weighted by Gasteiger charge is -2.10. The van der Waals surface area contributed by atoms with Gasteiger partial charge in [0.25, 0.3) is 0 Å². The van der Waals surface area contributed by atoms with Gasteiger partial charge in [-0.15, -0.1) is 0 Å². The SMILES string of the molecule is CC(C)=CCC/C(C)=C/CC/C(C)=C/CC(O)P(=O)(O)O. The van der Waals surface area contributed by atoms with Crippen molar-refractivity contribution in [2.45, 2.75) is 65.6 Å². The highest BCUT2D eigenvalue weighted by atomic mass is 31.2. The number of aliphatic hydroxyl groups excluding tert-OH is 1. The van der Waals surface area contributed by atoms with Crippen LogP contribution >= 0.6 is 7.60 Å². The molecule has 1 unspecified atom stereocenters. The molecule has 0 amide bonds. The van der Waals surface area contributed by atoms with Gasteiger partial charge in [-0.2, -0.15) is 0 Å². The first-order valence-electron chi connectivity index (χ1n) is 7.31. The summed E-state index contributed by atoms with van der Waals surface area (Å²) in [5, 5.41) is 9.27. The monoisotopic (exact) mass is 316 g/mol. The highest BCUT2D eigenvalue weighted by Crippen LogP contribution is 2.41. The van der Waals surface area contributed by atoms with Crippen molar-refractivity contribution in [2.24, 2.45) is 0 Å². The Morgan fingerprint density at radius 3 is 1.90 bits per heavy atom. The molecule has 0 aromatic heterocycles. The summed E-state index contributed by atoms with van der Waals surface area (Å²) in [4.78, 5) is 17.6. The molecule has 0 aromatic carbocycles. The normalized spacial score (nSPS) is 15.0. The second-order valence-electron chi connectivity index (χ2n) is 5.77. The molecular formula is C16H29O4P. The third-order valence-corrected chi connectivity index (χ3v) is 4.18. The fraction of sp³-hybridized carbons (Fsp3) is 0.625. The van der Waals surface area contributed by atoms with E-state index in [2.05, 4.69) is 32.9 Å². The van der Waals surface area contributed by atoms with Crippen LogP contribution in [0, 0.1) is 0 Å². The van der Waals surface area contributed by atoms with Gasteiger partial charge in [0.1, 0.15) is 0 Å². The van der Waals surface area contributed by atoms with Crippen LogP contribution in [-0.4, -0.2) is 20.7 Å². The summed E-state index contributed by atoms with van der Waals surface area (Å²) in [6, 6.07) is 0.